The zero-order chi connectivity index (χ0) is 22.8. The molecule has 0 saturated heterocycles. The van der Waals surface area contributed by atoms with E-state index in [1.807, 2.05) is 24.3 Å². The summed E-state index contributed by atoms with van der Waals surface area (Å²) in [6, 6.07) is 21.7. The number of para-hydroxylation sites is 1. The van der Waals surface area contributed by atoms with E-state index >= 15 is 0 Å². The van der Waals surface area contributed by atoms with Gasteiger partial charge in [0.25, 0.3) is 5.91 Å². The van der Waals surface area contributed by atoms with Crippen LogP contribution in [0.3, 0.4) is 0 Å². The number of rotatable bonds is 6. The molecule has 7 heteroatoms. The van der Waals surface area contributed by atoms with E-state index in [-0.39, 0.29) is 11.8 Å². The summed E-state index contributed by atoms with van der Waals surface area (Å²) in [4.78, 5) is 18.0. The van der Waals surface area contributed by atoms with E-state index in [1.54, 1.807) is 29.4 Å². The van der Waals surface area contributed by atoms with Crippen LogP contribution in [0.1, 0.15) is 33.0 Å². The number of halogens is 1. The summed E-state index contributed by atoms with van der Waals surface area (Å²) < 4.78 is 1.73. The van der Waals surface area contributed by atoms with E-state index in [0.717, 1.165) is 29.1 Å². The van der Waals surface area contributed by atoms with Gasteiger partial charge in [-0.15, -0.1) is 10.2 Å². The molecule has 3 aromatic carbocycles. The second-order valence-corrected chi connectivity index (χ2v) is 8.48. The summed E-state index contributed by atoms with van der Waals surface area (Å²) in [5.41, 5.74) is 6.83. The highest BCUT2D eigenvalue weighted by atomic mass is 35.5. The molecule has 6 nitrogen and oxygen atoms in total. The maximum absolute atomic E-state index is 13.0. The number of fused-ring (bicyclic) bond motifs is 1. The van der Waals surface area contributed by atoms with Gasteiger partial charge in [-0.1, -0.05) is 60.1 Å². The number of carbonyl (C=O) groups excluding carboxylic acids is 1. The predicted octanol–water partition coefficient (Wildman–Crippen LogP) is 5.07. The van der Waals surface area contributed by atoms with E-state index < -0.39 is 0 Å². The van der Waals surface area contributed by atoms with Crippen molar-refractivity contribution in [3.05, 3.63) is 107 Å². The number of nitrogens with one attached hydrogen (secondary N) is 1. The van der Waals surface area contributed by atoms with Crippen molar-refractivity contribution in [2.45, 2.75) is 19.3 Å². The Morgan fingerprint density at radius 2 is 1.85 bits per heavy atom. The van der Waals surface area contributed by atoms with Crippen LogP contribution in [-0.2, 0) is 6.42 Å². The summed E-state index contributed by atoms with van der Waals surface area (Å²) in [6.07, 6.45) is 3.94. The van der Waals surface area contributed by atoms with Gasteiger partial charge in [-0.05, 0) is 41.8 Å². The Labute approximate surface area is 197 Å². The van der Waals surface area contributed by atoms with E-state index in [0.29, 0.717) is 17.1 Å². The monoisotopic (exact) mass is 455 g/mol. The summed E-state index contributed by atoms with van der Waals surface area (Å²) in [5.74, 6) is -0.249. The lowest BCUT2D eigenvalue weighted by molar-refractivity contribution is 0.0953. The third kappa shape index (κ3) is 4.30. The van der Waals surface area contributed by atoms with Gasteiger partial charge in [0.2, 0.25) is 0 Å². The number of hydrogen-bond acceptors (Lipinski definition) is 4. The summed E-state index contributed by atoms with van der Waals surface area (Å²) in [6.45, 7) is 2.51. The largest absolute Gasteiger partial charge is 0.351 e. The van der Waals surface area contributed by atoms with Crippen molar-refractivity contribution in [1.82, 2.24) is 20.1 Å². The highest BCUT2D eigenvalue weighted by Crippen LogP contribution is 2.34. The van der Waals surface area contributed by atoms with Crippen molar-refractivity contribution in [3.63, 3.8) is 0 Å². The van der Waals surface area contributed by atoms with Crippen molar-refractivity contribution >= 4 is 28.9 Å². The first-order valence-corrected chi connectivity index (χ1v) is 11.1. The first-order chi connectivity index (χ1) is 16.1. The second-order valence-electron chi connectivity index (χ2n) is 8.07. The zero-order valence-corrected chi connectivity index (χ0v) is 18.8. The molecule has 1 atom stereocenters. The van der Waals surface area contributed by atoms with Crippen molar-refractivity contribution in [2.75, 3.05) is 6.54 Å². The fraction of sp³-hybridized carbons (Fsp3) is 0.154. The van der Waals surface area contributed by atoms with E-state index in [4.69, 9.17) is 16.6 Å². The Balaban J connectivity index is 1.37. The number of benzene rings is 3. The van der Waals surface area contributed by atoms with Gasteiger partial charge in [-0.25, -0.2) is 0 Å². The van der Waals surface area contributed by atoms with Crippen molar-refractivity contribution in [3.8, 4) is 5.69 Å². The van der Waals surface area contributed by atoms with Gasteiger partial charge < -0.3 is 5.32 Å². The molecule has 0 fully saturated rings. The van der Waals surface area contributed by atoms with Crippen LogP contribution >= 0.6 is 11.6 Å². The Morgan fingerprint density at radius 1 is 1.06 bits per heavy atom. The first-order valence-electron chi connectivity index (χ1n) is 10.7. The van der Waals surface area contributed by atoms with Gasteiger partial charge in [0, 0.05) is 30.3 Å². The fourth-order valence-electron chi connectivity index (χ4n) is 4.19. The highest BCUT2D eigenvalue weighted by molar-refractivity contribution is 6.34. The molecule has 0 spiro atoms. The minimum Gasteiger partial charge on any atom is -0.351 e. The number of amides is 1. The predicted molar refractivity (Wildman–Crippen MR) is 130 cm³/mol. The van der Waals surface area contributed by atoms with Crippen LogP contribution in [0.5, 0.6) is 0 Å². The Kier molecular flexibility index (Phi) is 5.75. The smallest absolute Gasteiger partial charge is 0.252 e. The second kappa shape index (κ2) is 9.00. The summed E-state index contributed by atoms with van der Waals surface area (Å²) >= 11 is 6.44. The van der Waals surface area contributed by atoms with Crippen LogP contribution in [0.2, 0.25) is 5.02 Å². The number of aryl methyl sites for hydroxylation is 1. The molecule has 1 aromatic heterocycles. The van der Waals surface area contributed by atoms with E-state index in [2.05, 4.69) is 52.8 Å². The molecule has 5 rings (SSSR count). The molecule has 1 N–H and O–H groups in total. The molecule has 1 aliphatic rings. The number of aromatic nitrogens is 3. The third-order valence-corrected chi connectivity index (χ3v) is 6.25. The van der Waals surface area contributed by atoms with E-state index in [1.165, 1.54) is 11.1 Å². The molecule has 164 valence electrons. The average molecular weight is 456 g/mol. The minimum atomic E-state index is -0.219. The molecular formula is C26H22ClN5O. The standard InChI is InChI=1S/C26H22ClN5O/c1-17-6-5-9-19-12-24(31-25(17)19)22(18-7-3-2-4-8-18)14-28-26(33)21-11-10-20(13-23(21)27)32-15-29-30-16-32/h2-11,13,15-16,22H,12,14H2,1H3,(H,28,33). The summed E-state index contributed by atoms with van der Waals surface area (Å²) in [7, 11) is 0. The SMILES string of the molecule is Cc1cccc2c1N=C(C(CNC(=O)c1ccc(-n3cnnc3)cc1Cl)c1ccccc1)C2. The molecular weight excluding hydrogens is 434 g/mol. The average Bonchev–Trinajstić information content (AvgIpc) is 3.51. The fourth-order valence-corrected chi connectivity index (χ4v) is 4.45. The molecule has 0 saturated carbocycles. The first kappa shape index (κ1) is 21.1. The van der Waals surface area contributed by atoms with Crippen LogP contribution in [0.25, 0.3) is 5.69 Å². The number of carbonyl (C=O) groups is 1. The molecule has 1 aliphatic heterocycles. The van der Waals surface area contributed by atoms with Gasteiger partial charge in [0.15, 0.2) is 0 Å². The Hall–Kier alpha value is -3.77. The highest BCUT2D eigenvalue weighted by Gasteiger charge is 2.25. The van der Waals surface area contributed by atoms with Gasteiger partial charge >= 0.3 is 0 Å². The van der Waals surface area contributed by atoms with Crippen molar-refractivity contribution < 1.29 is 4.79 Å². The maximum Gasteiger partial charge on any atom is 0.252 e. The normalized spacial score (nSPS) is 13.3. The lowest BCUT2D eigenvalue weighted by Crippen LogP contribution is -2.32. The number of nitrogens with zero attached hydrogens (tertiary/aromatic N) is 4. The van der Waals surface area contributed by atoms with Crippen LogP contribution in [0.15, 0.2) is 84.4 Å². The number of aliphatic imine (C=N–C) groups is 1. The quantitative estimate of drug-likeness (QED) is 0.441. The van der Waals surface area contributed by atoms with Crippen LogP contribution < -0.4 is 5.32 Å². The lowest BCUT2D eigenvalue weighted by atomic mass is 9.91. The van der Waals surface area contributed by atoms with Gasteiger partial charge in [0.1, 0.15) is 12.7 Å². The molecule has 1 unspecified atom stereocenters. The Morgan fingerprint density at radius 3 is 2.58 bits per heavy atom. The van der Waals surface area contributed by atoms with Crippen molar-refractivity contribution in [2.24, 2.45) is 4.99 Å². The molecule has 0 bridgehead atoms. The third-order valence-electron chi connectivity index (χ3n) is 5.93. The number of hydrogen-bond donors (Lipinski definition) is 1. The Bertz CT molecular complexity index is 1330. The van der Waals surface area contributed by atoms with Gasteiger partial charge in [-0.3, -0.25) is 14.4 Å². The van der Waals surface area contributed by atoms with Gasteiger partial charge in [0.05, 0.1) is 16.3 Å². The molecule has 4 aromatic rings. The van der Waals surface area contributed by atoms with Crippen LogP contribution in [0.4, 0.5) is 5.69 Å². The molecule has 0 radical (unpaired) electrons. The maximum atomic E-state index is 13.0. The molecule has 1 amide bonds. The zero-order valence-electron chi connectivity index (χ0n) is 18.1. The molecule has 0 aliphatic carbocycles. The van der Waals surface area contributed by atoms with Gasteiger partial charge in [-0.2, -0.15) is 0 Å². The van der Waals surface area contributed by atoms with E-state index in [9.17, 15) is 4.79 Å². The minimum absolute atomic E-state index is 0.0305. The van der Waals surface area contributed by atoms with Crippen molar-refractivity contribution in [1.29, 1.82) is 0 Å². The van der Waals surface area contributed by atoms with Crippen LogP contribution in [-0.4, -0.2) is 32.9 Å². The molecule has 2 heterocycles. The lowest BCUT2D eigenvalue weighted by Gasteiger charge is -2.19. The topological polar surface area (TPSA) is 72.2 Å². The molecule has 33 heavy (non-hydrogen) atoms. The van der Waals surface area contributed by atoms with Crippen LogP contribution in [0, 0.1) is 6.92 Å². The summed E-state index contributed by atoms with van der Waals surface area (Å²) in [5, 5.41) is 11.0.